The molecular weight excluding hydrogens is 158 g/mol. The lowest BCUT2D eigenvalue weighted by Crippen LogP contribution is -2.18. The molecule has 0 aliphatic carbocycles. The van der Waals surface area contributed by atoms with Gasteiger partial charge in [0, 0.05) is 6.04 Å². The molecule has 0 amide bonds. The van der Waals surface area contributed by atoms with Crippen LogP contribution in [0.3, 0.4) is 0 Å². The van der Waals surface area contributed by atoms with Gasteiger partial charge in [-0.15, -0.1) is 0 Å². The molecule has 0 fully saturated rings. The predicted octanol–water partition coefficient (Wildman–Crippen LogP) is 2.97. The highest BCUT2D eigenvalue weighted by Gasteiger charge is 2.05. The van der Waals surface area contributed by atoms with Crippen LogP contribution in [0, 0.1) is 13.8 Å². The first-order valence-electron chi connectivity index (χ1n) is 4.95. The van der Waals surface area contributed by atoms with Crippen LogP contribution in [0.25, 0.3) is 0 Å². The third kappa shape index (κ3) is 2.56. The zero-order valence-corrected chi connectivity index (χ0v) is 9.02. The van der Waals surface area contributed by atoms with Gasteiger partial charge in [-0.1, -0.05) is 30.7 Å². The second-order valence-electron chi connectivity index (χ2n) is 3.64. The summed E-state index contributed by atoms with van der Waals surface area (Å²) in [7, 11) is 0. The van der Waals surface area contributed by atoms with Gasteiger partial charge in [0.15, 0.2) is 0 Å². The van der Waals surface area contributed by atoms with Crippen molar-refractivity contribution in [2.75, 3.05) is 6.54 Å². The molecule has 1 atom stereocenters. The van der Waals surface area contributed by atoms with Crippen molar-refractivity contribution in [2.45, 2.75) is 33.7 Å². The Labute approximate surface area is 81.2 Å². The van der Waals surface area contributed by atoms with Gasteiger partial charge in [0.2, 0.25) is 0 Å². The zero-order valence-electron chi connectivity index (χ0n) is 9.02. The molecule has 0 aliphatic heterocycles. The fraction of sp³-hybridized carbons (Fsp3) is 0.500. The van der Waals surface area contributed by atoms with Crippen LogP contribution in [0.2, 0.25) is 0 Å². The summed E-state index contributed by atoms with van der Waals surface area (Å²) in [5.41, 5.74) is 4.13. The molecule has 0 aliphatic rings. The lowest BCUT2D eigenvalue weighted by molar-refractivity contribution is 0.595. The molecule has 1 rings (SSSR count). The third-order valence-electron chi connectivity index (χ3n) is 2.40. The van der Waals surface area contributed by atoms with Gasteiger partial charge in [0.05, 0.1) is 0 Å². The number of rotatable bonds is 3. The molecule has 1 N–H and O–H groups in total. The monoisotopic (exact) mass is 177 g/mol. The van der Waals surface area contributed by atoms with Crippen molar-refractivity contribution < 1.29 is 0 Å². The highest BCUT2D eigenvalue weighted by Crippen LogP contribution is 2.17. The summed E-state index contributed by atoms with van der Waals surface area (Å²) in [4.78, 5) is 0. The van der Waals surface area contributed by atoms with Crippen LogP contribution in [0.5, 0.6) is 0 Å². The number of benzene rings is 1. The molecule has 1 aromatic carbocycles. The highest BCUT2D eigenvalue weighted by atomic mass is 14.9. The largest absolute Gasteiger partial charge is 0.310 e. The number of aryl methyl sites for hydroxylation is 2. The molecule has 13 heavy (non-hydrogen) atoms. The topological polar surface area (TPSA) is 12.0 Å². The second kappa shape index (κ2) is 4.43. The quantitative estimate of drug-likeness (QED) is 0.748. The van der Waals surface area contributed by atoms with Crippen molar-refractivity contribution >= 4 is 0 Å². The highest BCUT2D eigenvalue weighted by molar-refractivity contribution is 5.32. The molecule has 0 heterocycles. The molecule has 0 aromatic heterocycles. The third-order valence-corrected chi connectivity index (χ3v) is 2.40. The Morgan fingerprint density at radius 1 is 1.31 bits per heavy atom. The second-order valence-corrected chi connectivity index (χ2v) is 3.64. The first-order valence-corrected chi connectivity index (χ1v) is 4.95. The van der Waals surface area contributed by atoms with Crippen molar-refractivity contribution in [3.63, 3.8) is 0 Å². The van der Waals surface area contributed by atoms with Crippen LogP contribution in [0.1, 0.15) is 36.6 Å². The van der Waals surface area contributed by atoms with Crippen LogP contribution in [0.15, 0.2) is 18.2 Å². The molecular formula is C12H19N. The van der Waals surface area contributed by atoms with E-state index in [1.54, 1.807) is 0 Å². The Hall–Kier alpha value is -0.820. The van der Waals surface area contributed by atoms with E-state index in [4.69, 9.17) is 0 Å². The van der Waals surface area contributed by atoms with Crippen LogP contribution in [0.4, 0.5) is 0 Å². The maximum Gasteiger partial charge on any atom is 0.0294 e. The van der Waals surface area contributed by atoms with Gasteiger partial charge in [0.25, 0.3) is 0 Å². The van der Waals surface area contributed by atoms with Gasteiger partial charge in [-0.2, -0.15) is 0 Å². The van der Waals surface area contributed by atoms with Crippen molar-refractivity contribution in [3.05, 3.63) is 34.9 Å². The molecule has 0 saturated heterocycles. The lowest BCUT2D eigenvalue weighted by atomic mass is 10.0. The Morgan fingerprint density at radius 2 is 2.00 bits per heavy atom. The van der Waals surface area contributed by atoms with E-state index in [1.165, 1.54) is 16.7 Å². The van der Waals surface area contributed by atoms with E-state index in [-0.39, 0.29) is 0 Å². The van der Waals surface area contributed by atoms with Crippen LogP contribution in [-0.2, 0) is 0 Å². The summed E-state index contributed by atoms with van der Waals surface area (Å²) in [6.45, 7) is 9.68. The Kier molecular flexibility index (Phi) is 3.49. The standard InChI is InChI=1S/C12H19N/c1-5-13-11(4)12-7-6-9(2)8-10(12)3/h6-8,11,13H,5H2,1-4H3/t11-/m0/s1. The summed E-state index contributed by atoms with van der Waals surface area (Å²) in [6.07, 6.45) is 0. The molecule has 1 nitrogen and oxygen atoms in total. The minimum absolute atomic E-state index is 0.464. The molecule has 72 valence electrons. The first kappa shape index (κ1) is 10.3. The van der Waals surface area contributed by atoms with Gasteiger partial charge >= 0.3 is 0 Å². The molecule has 1 aromatic rings. The minimum atomic E-state index is 0.464. The predicted molar refractivity (Wildman–Crippen MR) is 58.0 cm³/mol. The maximum absolute atomic E-state index is 3.42. The minimum Gasteiger partial charge on any atom is -0.310 e. The molecule has 0 spiro atoms. The summed E-state index contributed by atoms with van der Waals surface area (Å²) >= 11 is 0. The Morgan fingerprint density at radius 3 is 2.54 bits per heavy atom. The van der Waals surface area contributed by atoms with E-state index in [1.807, 2.05) is 0 Å². The molecule has 0 unspecified atom stereocenters. The molecule has 0 bridgehead atoms. The summed E-state index contributed by atoms with van der Waals surface area (Å²) < 4.78 is 0. The fourth-order valence-electron chi connectivity index (χ4n) is 1.73. The number of hydrogen-bond acceptors (Lipinski definition) is 1. The zero-order chi connectivity index (χ0) is 9.84. The van der Waals surface area contributed by atoms with Gasteiger partial charge in [-0.3, -0.25) is 0 Å². The Bertz CT molecular complexity index is 278. The van der Waals surface area contributed by atoms with Crippen LogP contribution in [-0.4, -0.2) is 6.54 Å². The van der Waals surface area contributed by atoms with Crippen molar-refractivity contribution in [2.24, 2.45) is 0 Å². The normalized spacial score (nSPS) is 12.9. The average Bonchev–Trinajstić information content (AvgIpc) is 2.04. The summed E-state index contributed by atoms with van der Waals surface area (Å²) in [5.74, 6) is 0. The van der Waals surface area contributed by atoms with E-state index < -0.39 is 0 Å². The first-order chi connectivity index (χ1) is 6.15. The molecule has 1 heteroatoms. The van der Waals surface area contributed by atoms with Crippen molar-refractivity contribution in [1.29, 1.82) is 0 Å². The van der Waals surface area contributed by atoms with E-state index in [2.05, 4.69) is 51.2 Å². The average molecular weight is 177 g/mol. The van der Waals surface area contributed by atoms with Crippen molar-refractivity contribution in [1.82, 2.24) is 5.32 Å². The molecule has 0 saturated carbocycles. The van der Waals surface area contributed by atoms with E-state index >= 15 is 0 Å². The molecule has 0 radical (unpaired) electrons. The van der Waals surface area contributed by atoms with Crippen LogP contribution < -0.4 is 5.32 Å². The fourth-order valence-corrected chi connectivity index (χ4v) is 1.73. The summed E-state index contributed by atoms with van der Waals surface area (Å²) in [6, 6.07) is 7.10. The van der Waals surface area contributed by atoms with Gasteiger partial charge in [0.1, 0.15) is 0 Å². The van der Waals surface area contributed by atoms with Crippen molar-refractivity contribution in [3.8, 4) is 0 Å². The van der Waals surface area contributed by atoms with Gasteiger partial charge < -0.3 is 5.32 Å². The van der Waals surface area contributed by atoms with E-state index in [0.717, 1.165) is 6.54 Å². The lowest BCUT2D eigenvalue weighted by Gasteiger charge is -2.15. The van der Waals surface area contributed by atoms with E-state index in [9.17, 15) is 0 Å². The SMILES string of the molecule is CCN[C@@H](C)c1ccc(C)cc1C. The van der Waals surface area contributed by atoms with Crippen LogP contribution >= 0.6 is 0 Å². The summed E-state index contributed by atoms with van der Waals surface area (Å²) in [5, 5.41) is 3.42. The number of nitrogens with one attached hydrogen (secondary N) is 1. The smallest absolute Gasteiger partial charge is 0.0294 e. The number of hydrogen-bond donors (Lipinski definition) is 1. The maximum atomic E-state index is 3.42. The Balaban J connectivity index is 2.88. The van der Waals surface area contributed by atoms with Gasteiger partial charge in [-0.25, -0.2) is 0 Å². The van der Waals surface area contributed by atoms with E-state index in [0.29, 0.717) is 6.04 Å². The van der Waals surface area contributed by atoms with Gasteiger partial charge in [-0.05, 0) is 38.4 Å².